The van der Waals surface area contributed by atoms with E-state index in [9.17, 15) is 19.5 Å². The van der Waals surface area contributed by atoms with Gasteiger partial charge in [-0.1, -0.05) is 37.0 Å². The van der Waals surface area contributed by atoms with Crippen molar-refractivity contribution in [3.05, 3.63) is 92.5 Å². The van der Waals surface area contributed by atoms with Gasteiger partial charge in [0.1, 0.15) is 12.2 Å². The molecule has 2 atom stereocenters. The molecule has 0 saturated carbocycles. The predicted molar refractivity (Wildman–Crippen MR) is 158 cm³/mol. The number of rotatable bonds is 7. The average molecular weight is 640 g/mol. The third-order valence-electron chi connectivity index (χ3n) is 7.53. The number of aromatic nitrogens is 7. The van der Waals surface area contributed by atoms with Crippen LogP contribution in [0.4, 0.5) is 9.18 Å². The zero-order valence-corrected chi connectivity index (χ0v) is 24.7. The Kier molecular flexibility index (Phi) is 7.33. The molecule has 44 heavy (non-hydrogen) atoms. The molecular weight excluding hydrogens is 616 g/mol. The maximum absolute atomic E-state index is 15.4. The number of pyridine rings is 1. The number of benzene rings is 1. The normalized spacial score (nSPS) is 19.3. The Bertz CT molecular complexity index is 1930. The number of aromatic amines is 1. The maximum atomic E-state index is 15.4. The van der Waals surface area contributed by atoms with E-state index in [2.05, 4.69) is 36.1 Å². The molecule has 16 heteroatoms. The molecule has 0 aliphatic carbocycles. The van der Waals surface area contributed by atoms with Crippen LogP contribution >= 0.6 is 23.2 Å². The number of carbonyl (C=O) groups is 2. The summed E-state index contributed by atoms with van der Waals surface area (Å²) in [7, 11) is 0. The van der Waals surface area contributed by atoms with Gasteiger partial charge in [-0.15, -0.1) is 5.10 Å². The summed E-state index contributed by atoms with van der Waals surface area (Å²) in [6.45, 7) is 3.15. The zero-order valence-electron chi connectivity index (χ0n) is 23.2. The second-order valence-corrected chi connectivity index (χ2v) is 11.4. The molecular formula is C28H24Cl2FN9O4. The quantitative estimate of drug-likeness (QED) is 0.218. The van der Waals surface area contributed by atoms with Crippen LogP contribution in [0.25, 0.3) is 22.4 Å². The van der Waals surface area contributed by atoms with Crippen LogP contribution in [0.1, 0.15) is 43.5 Å². The highest BCUT2D eigenvalue weighted by molar-refractivity contribution is 6.31. The van der Waals surface area contributed by atoms with Gasteiger partial charge in [0.2, 0.25) is 5.95 Å². The number of Topliss-reactive ketones (excluding diaryl/α,β-unsaturated/α-hetero) is 1. The monoisotopic (exact) mass is 639 g/mol. The van der Waals surface area contributed by atoms with Gasteiger partial charge in [0.25, 0.3) is 5.56 Å². The summed E-state index contributed by atoms with van der Waals surface area (Å²) in [5.41, 5.74) is 0.724. The first-order chi connectivity index (χ1) is 21.0. The van der Waals surface area contributed by atoms with E-state index in [0.29, 0.717) is 40.4 Å². The molecule has 0 bridgehead atoms. The molecule has 13 nitrogen and oxygen atoms in total. The summed E-state index contributed by atoms with van der Waals surface area (Å²) >= 11 is 12.8. The number of fused-ring (bicyclic) bond motifs is 1. The van der Waals surface area contributed by atoms with Gasteiger partial charge >= 0.3 is 6.09 Å². The van der Waals surface area contributed by atoms with Gasteiger partial charge < -0.3 is 20.0 Å². The number of allylic oxidation sites excluding steroid dienone is 2. The lowest BCUT2D eigenvalue weighted by Crippen LogP contribution is -2.63. The molecule has 4 aromatic rings. The number of hydrogen-bond acceptors (Lipinski definition) is 8. The highest BCUT2D eigenvalue weighted by Gasteiger charge is 2.42. The van der Waals surface area contributed by atoms with Crippen LogP contribution in [0.3, 0.4) is 0 Å². The Labute approximate surface area is 258 Å². The number of ketones is 1. The molecule has 0 radical (unpaired) electrons. The van der Waals surface area contributed by atoms with Crippen molar-refractivity contribution < 1.29 is 19.1 Å². The highest BCUT2D eigenvalue weighted by Crippen LogP contribution is 2.37. The Morgan fingerprint density at radius 2 is 2.02 bits per heavy atom. The summed E-state index contributed by atoms with van der Waals surface area (Å²) in [5, 5.41) is 25.6. The topological polar surface area (TPSA) is 173 Å². The fraction of sp³-hybridized carbons (Fsp3) is 0.250. The van der Waals surface area contributed by atoms with Crippen molar-refractivity contribution in [2.75, 3.05) is 0 Å². The molecule has 226 valence electrons. The summed E-state index contributed by atoms with van der Waals surface area (Å²) in [6.07, 6.45) is 3.48. The summed E-state index contributed by atoms with van der Waals surface area (Å²) in [4.78, 5) is 45.1. The van der Waals surface area contributed by atoms with E-state index in [0.717, 1.165) is 5.69 Å². The molecule has 0 fully saturated rings. The van der Waals surface area contributed by atoms with E-state index in [4.69, 9.17) is 23.2 Å². The fourth-order valence-corrected chi connectivity index (χ4v) is 6.03. The van der Waals surface area contributed by atoms with Gasteiger partial charge in [0.05, 0.1) is 23.0 Å². The first-order valence-electron chi connectivity index (χ1n) is 13.4. The van der Waals surface area contributed by atoms with Crippen molar-refractivity contribution in [2.24, 2.45) is 5.92 Å². The number of amides is 1. The zero-order chi connectivity index (χ0) is 31.3. The van der Waals surface area contributed by atoms with Crippen molar-refractivity contribution in [2.45, 2.75) is 38.4 Å². The van der Waals surface area contributed by atoms with Gasteiger partial charge in [-0.25, -0.2) is 9.78 Å². The van der Waals surface area contributed by atoms with Crippen LogP contribution in [0.15, 0.2) is 59.6 Å². The number of nitrogens with one attached hydrogen (secondary N) is 3. The Balaban J connectivity index is 1.34. The number of dihydropyridines is 1. The van der Waals surface area contributed by atoms with Gasteiger partial charge in [-0.2, -0.15) is 9.07 Å². The SMILES string of the molecule is CC(C)C(=O)C1(NC(=O)O)C=CC(c2nc(Cl)c(C3CCc4cc(-c5cc(Cl)ccc5-n5cnnn5)cc(=O)n43)[nH]2)=C(F)N1. The minimum absolute atomic E-state index is 0.0373. The molecule has 3 aromatic heterocycles. The van der Waals surface area contributed by atoms with Crippen molar-refractivity contribution in [3.63, 3.8) is 0 Å². The number of nitrogens with zero attached hydrogens (tertiary/aromatic N) is 6. The van der Waals surface area contributed by atoms with Gasteiger partial charge in [-0.05, 0) is 65.2 Å². The van der Waals surface area contributed by atoms with E-state index in [1.165, 1.54) is 29.2 Å². The molecule has 0 saturated heterocycles. The number of carbonyl (C=O) groups excluding carboxylic acids is 1. The van der Waals surface area contributed by atoms with E-state index in [-0.39, 0.29) is 22.1 Å². The third kappa shape index (κ3) is 5.05. The molecule has 4 N–H and O–H groups in total. The van der Waals surface area contributed by atoms with Crippen LogP contribution in [0.5, 0.6) is 0 Å². The summed E-state index contributed by atoms with van der Waals surface area (Å²) in [5.74, 6) is -2.13. The molecule has 2 aliphatic rings. The minimum atomic E-state index is -1.99. The van der Waals surface area contributed by atoms with Crippen molar-refractivity contribution >= 4 is 40.7 Å². The molecule has 0 spiro atoms. The third-order valence-corrected chi connectivity index (χ3v) is 8.06. The largest absolute Gasteiger partial charge is 0.465 e. The first kappa shape index (κ1) is 29.3. The molecule has 1 aromatic carbocycles. The van der Waals surface area contributed by atoms with E-state index in [1.54, 1.807) is 36.6 Å². The molecule has 2 aliphatic heterocycles. The molecule has 1 amide bonds. The number of imidazole rings is 1. The van der Waals surface area contributed by atoms with Gasteiger partial charge in [0.15, 0.2) is 16.6 Å². The Morgan fingerprint density at radius 3 is 2.70 bits per heavy atom. The summed E-state index contributed by atoms with van der Waals surface area (Å²) in [6, 6.07) is 8.06. The fourth-order valence-electron chi connectivity index (χ4n) is 5.60. The predicted octanol–water partition coefficient (Wildman–Crippen LogP) is 4.04. The lowest BCUT2D eigenvalue weighted by atomic mass is 9.92. The van der Waals surface area contributed by atoms with Crippen LogP contribution in [0, 0.1) is 5.92 Å². The second kappa shape index (κ2) is 11.0. The highest BCUT2D eigenvalue weighted by atomic mass is 35.5. The van der Waals surface area contributed by atoms with Crippen molar-refractivity contribution in [3.8, 4) is 16.8 Å². The first-order valence-corrected chi connectivity index (χ1v) is 14.2. The smallest absolute Gasteiger partial charge is 0.407 e. The lowest BCUT2D eigenvalue weighted by Gasteiger charge is -2.34. The van der Waals surface area contributed by atoms with E-state index < -0.39 is 35.4 Å². The van der Waals surface area contributed by atoms with E-state index >= 15 is 4.39 Å². The number of halogens is 3. The lowest BCUT2D eigenvalue weighted by molar-refractivity contribution is -0.127. The second-order valence-electron chi connectivity index (χ2n) is 10.6. The van der Waals surface area contributed by atoms with Crippen molar-refractivity contribution in [1.82, 2.24) is 45.4 Å². The Hall–Kier alpha value is -4.82. The molecule has 2 unspecified atom stereocenters. The van der Waals surface area contributed by atoms with Crippen molar-refractivity contribution in [1.29, 1.82) is 0 Å². The van der Waals surface area contributed by atoms with E-state index in [1.807, 2.05) is 6.07 Å². The molecule has 6 rings (SSSR count). The summed E-state index contributed by atoms with van der Waals surface area (Å²) < 4.78 is 18.5. The van der Waals surface area contributed by atoms with Gasteiger partial charge in [-0.3, -0.25) is 14.9 Å². The maximum Gasteiger partial charge on any atom is 0.407 e. The minimum Gasteiger partial charge on any atom is -0.465 e. The molecule has 5 heterocycles. The standard InChI is InChI=1S/C28H24Cl2FN9O4/c1-13(2)23(42)28(36-27(43)44)8-7-17(25(31)35-28)26-33-22(24(30)34-26)20-6-4-16-9-14(10-21(41)40(16)20)18-11-15(29)3-5-19(18)39-12-32-37-38-39/h3,5,7-13,20,35-36H,4,6H2,1-2H3,(H,33,34)(H,43,44). The van der Waals surface area contributed by atoms with Crippen LogP contribution < -0.4 is 16.2 Å². The number of hydrogen-bond donors (Lipinski definition) is 4. The number of tetrazole rings is 1. The number of H-pyrrole nitrogens is 1. The van der Waals surface area contributed by atoms with Crippen LogP contribution in [-0.4, -0.2) is 57.4 Å². The Morgan fingerprint density at radius 1 is 1.23 bits per heavy atom. The number of aryl methyl sites for hydroxylation is 1. The average Bonchev–Trinajstić information content (AvgIpc) is 3.72. The number of carboxylic acid groups (broad SMARTS) is 1. The van der Waals surface area contributed by atoms with Crippen LogP contribution in [0.2, 0.25) is 10.2 Å². The van der Waals surface area contributed by atoms with Crippen LogP contribution in [-0.2, 0) is 11.2 Å². The van der Waals surface area contributed by atoms with Gasteiger partial charge in [0, 0.05) is 28.3 Å².